The summed E-state index contributed by atoms with van der Waals surface area (Å²) in [6, 6.07) is 21.4. The van der Waals surface area contributed by atoms with E-state index in [1.54, 1.807) is 16.2 Å². The molecule has 180 valence electrons. The molecule has 0 unspecified atom stereocenters. The molecule has 3 aromatic rings. The first-order valence-electron chi connectivity index (χ1n) is 12.1. The van der Waals surface area contributed by atoms with Gasteiger partial charge >= 0.3 is 6.03 Å². The Morgan fingerprint density at radius 2 is 1.83 bits per heavy atom. The lowest BCUT2D eigenvalue weighted by molar-refractivity contribution is -0.139. The molecule has 4 amide bonds. The molecule has 1 aliphatic heterocycles. The first-order chi connectivity index (χ1) is 17.0. The predicted octanol–water partition coefficient (Wildman–Crippen LogP) is 4.41. The van der Waals surface area contributed by atoms with Gasteiger partial charge in [-0.3, -0.25) is 14.5 Å². The minimum absolute atomic E-state index is 0.225. The van der Waals surface area contributed by atoms with E-state index in [9.17, 15) is 14.4 Å². The minimum atomic E-state index is -1.06. The lowest BCUT2D eigenvalue weighted by atomic mass is 9.76. The Labute approximate surface area is 209 Å². The van der Waals surface area contributed by atoms with Gasteiger partial charge in [-0.1, -0.05) is 54.6 Å². The van der Waals surface area contributed by atoms with E-state index in [2.05, 4.69) is 5.32 Å². The summed E-state index contributed by atoms with van der Waals surface area (Å²) in [6.07, 6.45) is 2.94. The third-order valence-electron chi connectivity index (χ3n) is 6.95. The third-order valence-corrected chi connectivity index (χ3v) is 7.94. The number of nitrogens with one attached hydrogen (secondary N) is 1. The lowest BCUT2D eigenvalue weighted by Crippen LogP contribution is -2.47. The maximum absolute atomic E-state index is 13.6. The Hall–Kier alpha value is -3.45. The zero-order valence-corrected chi connectivity index (χ0v) is 20.6. The number of hydrogen-bond acceptors (Lipinski definition) is 4. The Bertz CT molecular complexity index is 1260. The van der Waals surface area contributed by atoms with Crippen LogP contribution in [0.5, 0.6) is 0 Å². The number of aryl methyl sites for hydroxylation is 2. The number of rotatable bonds is 7. The maximum Gasteiger partial charge on any atom is 0.325 e. The minimum Gasteiger partial charge on any atom is -0.336 e. The monoisotopic (exact) mass is 487 g/mol. The molecule has 1 spiro atoms. The zero-order chi connectivity index (χ0) is 24.4. The number of thiophene rings is 1. The fourth-order valence-electron chi connectivity index (χ4n) is 5.15. The van der Waals surface area contributed by atoms with Crippen molar-refractivity contribution in [3.05, 3.63) is 93.2 Å². The van der Waals surface area contributed by atoms with E-state index >= 15 is 0 Å². The van der Waals surface area contributed by atoms with Crippen LogP contribution in [0.15, 0.2) is 66.7 Å². The molecular weight excluding hydrogens is 458 g/mol. The molecule has 1 fully saturated rings. The third kappa shape index (κ3) is 4.60. The van der Waals surface area contributed by atoms with Gasteiger partial charge in [0.1, 0.15) is 12.1 Å². The molecule has 0 radical (unpaired) electrons. The van der Waals surface area contributed by atoms with Crippen molar-refractivity contribution < 1.29 is 14.4 Å². The standard InChI is InChI=1S/C28H29N3O3S/c1-20-13-14-23(35-20)18-30(17-15-21-8-3-2-4-9-21)25(32)19-31-26(33)28(29-27(31)34)16-7-11-22-10-5-6-12-24(22)28/h2-6,8-10,12-14H,7,11,15-19H2,1H3,(H,29,34)/t28-/m0/s1. The maximum atomic E-state index is 13.6. The van der Waals surface area contributed by atoms with Gasteiger partial charge in [0.05, 0.1) is 6.54 Å². The molecule has 1 saturated heterocycles. The van der Waals surface area contributed by atoms with Crippen LogP contribution in [0.1, 0.15) is 39.3 Å². The highest BCUT2D eigenvalue weighted by Crippen LogP contribution is 2.39. The number of carbonyl (C=O) groups is 3. The Morgan fingerprint density at radius 3 is 2.60 bits per heavy atom. The van der Waals surface area contributed by atoms with Gasteiger partial charge in [0, 0.05) is 16.3 Å². The second kappa shape index (κ2) is 9.66. The van der Waals surface area contributed by atoms with E-state index < -0.39 is 11.6 Å². The molecule has 35 heavy (non-hydrogen) atoms. The fraction of sp³-hybridized carbons (Fsp3) is 0.321. The molecular formula is C28H29N3O3S. The Morgan fingerprint density at radius 1 is 1.06 bits per heavy atom. The summed E-state index contributed by atoms with van der Waals surface area (Å²) < 4.78 is 0. The van der Waals surface area contributed by atoms with Crippen molar-refractivity contribution in [2.45, 2.75) is 44.7 Å². The highest BCUT2D eigenvalue weighted by molar-refractivity contribution is 7.11. The van der Waals surface area contributed by atoms with Gasteiger partial charge in [0.15, 0.2) is 0 Å². The quantitative estimate of drug-likeness (QED) is 0.502. The lowest BCUT2D eigenvalue weighted by Gasteiger charge is -2.33. The molecule has 1 aliphatic carbocycles. The summed E-state index contributed by atoms with van der Waals surface area (Å²) in [7, 11) is 0. The van der Waals surface area contributed by atoms with Gasteiger partial charge in [0.25, 0.3) is 5.91 Å². The van der Waals surface area contributed by atoms with Crippen molar-refractivity contribution in [1.82, 2.24) is 15.1 Å². The normalized spacial score (nSPS) is 19.1. The van der Waals surface area contributed by atoms with E-state index in [1.165, 1.54) is 4.88 Å². The van der Waals surface area contributed by atoms with Crippen molar-refractivity contribution >= 4 is 29.2 Å². The topological polar surface area (TPSA) is 69.7 Å². The van der Waals surface area contributed by atoms with E-state index in [4.69, 9.17) is 0 Å². The Balaban J connectivity index is 1.35. The molecule has 0 saturated carbocycles. The number of carbonyl (C=O) groups excluding carboxylic acids is 3. The number of fused-ring (bicyclic) bond motifs is 2. The number of imide groups is 1. The van der Waals surface area contributed by atoms with Crippen LogP contribution < -0.4 is 5.32 Å². The summed E-state index contributed by atoms with van der Waals surface area (Å²) in [6.45, 7) is 2.76. The zero-order valence-electron chi connectivity index (χ0n) is 19.8. The number of hydrogen-bond donors (Lipinski definition) is 1. The molecule has 1 N–H and O–H groups in total. The summed E-state index contributed by atoms with van der Waals surface area (Å²) >= 11 is 1.66. The molecule has 7 heteroatoms. The van der Waals surface area contributed by atoms with Crippen LogP contribution in [0.3, 0.4) is 0 Å². The van der Waals surface area contributed by atoms with E-state index in [-0.39, 0.29) is 18.4 Å². The van der Waals surface area contributed by atoms with E-state index in [0.717, 1.165) is 39.3 Å². The average molecular weight is 488 g/mol. The van der Waals surface area contributed by atoms with Gasteiger partial charge in [-0.15, -0.1) is 11.3 Å². The molecule has 2 aromatic carbocycles. The molecule has 2 heterocycles. The smallest absolute Gasteiger partial charge is 0.325 e. The van der Waals surface area contributed by atoms with Gasteiger partial charge in [0.2, 0.25) is 5.91 Å². The number of benzene rings is 2. The van der Waals surface area contributed by atoms with Gasteiger partial charge in [-0.25, -0.2) is 4.79 Å². The fourth-order valence-corrected chi connectivity index (χ4v) is 6.06. The highest BCUT2D eigenvalue weighted by atomic mass is 32.1. The van der Waals surface area contributed by atoms with Crippen LogP contribution >= 0.6 is 11.3 Å². The van der Waals surface area contributed by atoms with E-state index in [0.29, 0.717) is 25.9 Å². The highest BCUT2D eigenvalue weighted by Gasteiger charge is 2.54. The van der Waals surface area contributed by atoms with Crippen LogP contribution in [0.2, 0.25) is 0 Å². The van der Waals surface area contributed by atoms with Crippen LogP contribution in [-0.4, -0.2) is 40.7 Å². The molecule has 2 aliphatic rings. The second-order valence-electron chi connectivity index (χ2n) is 9.30. The Kier molecular flexibility index (Phi) is 6.43. The van der Waals surface area contributed by atoms with Crippen molar-refractivity contribution in [3.63, 3.8) is 0 Å². The molecule has 0 bridgehead atoms. The first kappa shape index (κ1) is 23.3. The average Bonchev–Trinajstić information content (AvgIpc) is 3.38. The number of nitrogens with zero attached hydrogens (tertiary/aromatic N) is 2. The predicted molar refractivity (Wildman–Crippen MR) is 136 cm³/mol. The summed E-state index contributed by atoms with van der Waals surface area (Å²) in [5.74, 6) is -0.547. The second-order valence-corrected chi connectivity index (χ2v) is 10.7. The summed E-state index contributed by atoms with van der Waals surface area (Å²) in [4.78, 5) is 45.3. The SMILES string of the molecule is Cc1ccc(CN(CCc2ccccc2)C(=O)CN2C(=O)N[C@]3(CCCc4ccccc43)C2=O)s1. The number of urea groups is 1. The summed E-state index contributed by atoms with van der Waals surface area (Å²) in [5, 5.41) is 2.95. The van der Waals surface area contributed by atoms with Crippen molar-refractivity contribution in [3.8, 4) is 0 Å². The first-order valence-corrected chi connectivity index (χ1v) is 12.9. The van der Waals surface area contributed by atoms with Crippen LogP contribution in [-0.2, 0) is 34.5 Å². The van der Waals surface area contributed by atoms with Gasteiger partial charge < -0.3 is 10.2 Å². The van der Waals surface area contributed by atoms with Gasteiger partial charge in [-0.05, 0) is 61.4 Å². The summed E-state index contributed by atoms with van der Waals surface area (Å²) in [5.41, 5.74) is 2.01. The van der Waals surface area contributed by atoms with Crippen LogP contribution in [0, 0.1) is 6.92 Å². The van der Waals surface area contributed by atoms with Crippen molar-refractivity contribution in [1.29, 1.82) is 0 Å². The van der Waals surface area contributed by atoms with Crippen molar-refractivity contribution in [2.24, 2.45) is 0 Å². The molecule has 6 nitrogen and oxygen atoms in total. The number of amides is 4. The van der Waals surface area contributed by atoms with E-state index in [1.807, 2.05) is 73.7 Å². The van der Waals surface area contributed by atoms with Crippen molar-refractivity contribution in [2.75, 3.05) is 13.1 Å². The molecule has 5 rings (SSSR count). The van der Waals surface area contributed by atoms with Gasteiger partial charge in [-0.2, -0.15) is 0 Å². The molecule has 1 aromatic heterocycles. The largest absolute Gasteiger partial charge is 0.336 e. The van der Waals surface area contributed by atoms with Crippen LogP contribution in [0.25, 0.3) is 0 Å². The molecule has 1 atom stereocenters. The van der Waals surface area contributed by atoms with Crippen LogP contribution in [0.4, 0.5) is 4.79 Å².